The minimum Gasteiger partial charge on any atom is -0.507 e. The summed E-state index contributed by atoms with van der Waals surface area (Å²) in [6.07, 6.45) is 1.45. The maximum atomic E-state index is 13.1. The first-order valence-corrected chi connectivity index (χ1v) is 9.92. The Hall–Kier alpha value is -2.34. The van der Waals surface area contributed by atoms with Crippen molar-refractivity contribution in [2.75, 3.05) is 32.7 Å². The fourth-order valence-corrected chi connectivity index (χ4v) is 3.99. The summed E-state index contributed by atoms with van der Waals surface area (Å²) in [4.78, 5) is 17.8. The number of fused-ring (bicyclic) bond motifs is 1. The van der Waals surface area contributed by atoms with Crippen LogP contribution in [0.25, 0.3) is 22.1 Å². The summed E-state index contributed by atoms with van der Waals surface area (Å²) in [6.45, 7) is 7.61. The van der Waals surface area contributed by atoms with Gasteiger partial charge in [0.15, 0.2) is 0 Å². The van der Waals surface area contributed by atoms with E-state index in [1.165, 1.54) is 6.26 Å². The summed E-state index contributed by atoms with van der Waals surface area (Å²) in [5.74, 6) is 0.152. The Morgan fingerprint density at radius 1 is 1.04 bits per heavy atom. The Morgan fingerprint density at radius 3 is 2.46 bits per heavy atom. The number of benzene rings is 2. The Morgan fingerprint density at radius 2 is 1.75 bits per heavy atom. The molecule has 2 aromatic carbocycles. The third-order valence-electron chi connectivity index (χ3n) is 5.48. The first kappa shape index (κ1) is 19.0. The molecule has 5 nitrogen and oxygen atoms in total. The van der Waals surface area contributed by atoms with Crippen molar-refractivity contribution in [3.8, 4) is 16.9 Å². The third-order valence-corrected chi connectivity index (χ3v) is 5.81. The number of likely N-dealkylation sites (N-methyl/N-ethyl adjacent to an activating group) is 1. The normalized spacial score (nSPS) is 15.9. The maximum Gasteiger partial charge on any atom is 0.200 e. The molecule has 0 bridgehead atoms. The maximum absolute atomic E-state index is 13.1. The van der Waals surface area contributed by atoms with E-state index in [1.807, 2.05) is 12.1 Å². The smallest absolute Gasteiger partial charge is 0.200 e. The minimum absolute atomic E-state index is 0.147. The van der Waals surface area contributed by atoms with E-state index in [0.717, 1.165) is 32.7 Å². The standard InChI is InChI=1S/C22H23ClN2O3/c1-2-24-9-11-25(12-10-24)13-17-20(26)8-7-16-21(27)18(14-28-22(16)17)15-5-3-4-6-19(15)23/h3-8,14,26H,2,9-13H2,1H3. The Bertz CT molecular complexity index is 1060. The van der Waals surface area contributed by atoms with Crippen LogP contribution in [0.3, 0.4) is 0 Å². The van der Waals surface area contributed by atoms with E-state index in [1.54, 1.807) is 24.3 Å². The van der Waals surface area contributed by atoms with Gasteiger partial charge in [-0.3, -0.25) is 9.69 Å². The van der Waals surface area contributed by atoms with Crippen LogP contribution in [-0.4, -0.2) is 47.6 Å². The van der Waals surface area contributed by atoms with Crippen LogP contribution in [0.4, 0.5) is 0 Å². The van der Waals surface area contributed by atoms with Crippen LogP contribution in [0.15, 0.2) is 51.9 Å². The average molecular weight is 399 g/mol. The molecule has 1 N–H and O–H groups in total. The lowest BCUT2D eigenvalue weighted by Gasteiger charge is -2.34. The molecule has 1 aliphatic rings. The van der Waals surface area contributed by atoms with Crippen LogP contribution in [-0.2, 0) is 6.54 Å². The molecule has 6 heteroatoms. The van der Waals surface area contributed by atoms with Gasteiger partial charge < -0.3 is 14.4 Å². The second-order valence-electron chi connectivity index (χ2n) is 7.11. The van der Waals surface area contributed by atoms with Gasteiger partial charge in [0.05, 0.1) is 16.5 Å². The summed E-state index contributed by atoms with van der Waals surface area (Å²) >= 11 is 6.26. The molecular formula is C22H23ClN2O3. The van der Waals surface area contributed by atoms with Crippen molar-refractivity contribution < 1.29 is 9.52 Å². The van der Waals surface area contributed by atoms with Crippen molar-refractivity contribution >= 4 is 22.6 Å². The van der Waals surface area contributed by atoms with Crippen LogP contribution >= 0.6 is 11.6 Å². The minimum atomic E-state index is -0.147. The van der Waals surface area contributed by atoms with E-state index in [9.17, 15) is 9.90 Å². The van der Waals surface area contributed by atoms with Crippen molar-refractivity contribution in [2.24, 2.45) is 0 Å². The topological polar surface area (TPSA) is 56.9 Å². The number of piperazine rings is 1. The third kappa shape index (κ3) is 3.53. The van der Waals surface area contributed by atoms with Gasteiger partial charge in [-0.2, -0.15) is 0 Å². The highest BCUT2D eigenvalue weighted by Crippen LogP contribution is 2.31. The predicted molar refractivity (Wildman–Crippen MR) is 112 cm³/mol. The number of hydrogen-bond donors (Lipinski definition) is 1. The molecule has 146 valence electrons. The fourth-order valence-electron chi connectivity index (χ4n) is 3.75. The van der Waals surface area contributed by atoms with Gasteiger partial charge in [-0.1, -0.05) is 36.7 Å². The van der Waals surface area contributed by atoms with E-state index < -0.39 is 0 Å². The van der Waals surface area contributed by atoms with Gasteiger partial charge in [-0.15, -0.1) is 0 Å². The summed E-state index contributed by atoms with van der Waals surface area (Å²) in [5, 5.41) is 11.4. The van der Waals surface area contributed by atoms with Gasteiger partial charge in [0, 0.05) is 43.3 Å². The lowest BCUT2D eigenvalue weighted by atomic mass is 10.0. The van der Waals surface area contributed by atoms with Gasteiger partial charge >= 0.3 is 0 Å². The largest absolute Gasteiger partial charge is 0.507 e. The molecule has 28 heavy (non-hydrogen) atoms. The van der Waals surface area contributed by atoms with Crippen molar-refractivity contribution in [1.82, 2.24) is 9.80 Å². The monoisotopic (exact) mass is 398 g/mol. The van der Waals surface area contributed by atoms with Gasteiger partial charge in [0.2, 0.25) is 5.43 Å². The van der Waals surface area contributed by atoms with Gasteiger partial charge in [-0.05, 0) is 24.7 Å². The summed E-state index contributed by atoms with van der Waals surface area (Å²) in [7, 11) is 0. The number of aromatic hydroxyl groups is 1. The van der Waals surface area contributed by atoms with Gasteiger partial charge in [0.1, 0.15) is 17.6 Å². The summed E-state index contributed by atoms with van der Waals surface area (Å²) in [5.41, 5.74) is 2.02. The van der Waals surface area contributed by atoms with Crippen LogP contribution in [0, 0.1) is 0 Å². The zero-order chi connectivity index (χ0) is 19.7. The molecule has 0 amide bonds. The highest BCUT2D eigenvalue weighted by atomic mass is 35.5. The van der Waals surface area contributed by atoms with E-state index in [2.05, 4.69) is 16.7 Å². The number of nitrogens with zero attached hydrogens (tertiary/aromatic N) is 2. The van der Waals surface area contributed by atoms with Crippen LogP contribution in [0.2, 0.25) is 5.02 Å². The number of halogens is 1. The Kier molecular flexibility index (Phi) is 5.40. The van der Waals surface area contributed by atoms with E-state index in [-0.39, 0.29) is 11.2 Å². The molecule has 1 saturated heterocycles. The lowest BCUT2D eigenvalue weighted by molar-refractivity contribution is 0.131. The predicted octanol–water partition coefficient (Wildman–Crippen LogP) is 3.96. The molecule has 1 aliphatic heterocycles. The molecule has 0 atom stereocenters. The zero-order valence-electron chi connectivity index (χ0n) is 15.8. The molecule has 1 fully saturated rings. The highest BCUT2D eigenvalue weighted by molar-refractivity contribution is 6.33. The van der Waals surface area contributed by atoms with Crippen LogP contribution in [0.5, 0.6) is 5.75 Å². The zero-order valence-corrected chi connectivity index (χ0v) is 16.6. The van der Waals surface area contributed by atoms with Crippen molar-refractivity contribution in [1.29, 1.82) is 0 Å². The number of rotatable bonds is 4. The highest BCUT2D eigenvalue weighted by Gasteiger charge is 2.21. The molecule has 3 aromatic rings. The summed E-state index contributed by atoms with van der Waals surface area (Å²) < 4.78 is 5.87. The molecule has 0 spiro atoms. The van der Waals surface area contributed by atoms with E-state index in [0.29, 0.717) is 39.2 Å². The molecule has 0 radical (unpaired) electrons. The molecule has 4 rings (SSSR count). The Balaban J connectivity index is 1.73. The van der Waals surface area contributed by atoms with Crippen molar-refractivity contribution in [3.05, 3.63) is 63.5 Å². The van der Waals surface area contributed by atoms with Crippen LogP contribution in [0.1, 0.15) is 12.5 Å². The van der Waals surface area contributed by atoms with Crippen molar-refractivity contribution in [2.45, 2.75) is 13.5 Å². The quantitative estimate of drug-likeness (QED) is 0.721. The first-order chi connectivity index (χ1) is 13.6. The average Bonchev–Trinajstić information content (AvgIpc) is 2.71. The SMILES string of the molecule is CCN1CCN(Cc2c(O)ccc3c(=O)c(-c4ccccc4Cl)coc23)CC1. The summed E-state index contributed by atoms with van der Waals surface area (Å²) in [6, 6.07) is 10.4. The molecule has 0 saturated carbocycles. The molecule has 1 aromatic heterocycles. The number of hydrogen-bond acceptors (Lipinski definition) is 5. The van der Waals surface area contributed by atoms with Gasteiger partial charge in [0.25, 0.3) is 0 Å². The lowest BCUT2D eigenvalue weighted by Crippen LogP contribution is -2.45. The fraction of sp³-hybridized carbons (Fsp3) is 0.318. The molecule has 0 unspecified atom stereocenters. The second kappa shape index (κ2) is 7.95. The van der Waals surface area contributed by atoms with Crippen LogP contribution < -0.4 is 5.43 Å². The van der Waals surface area contributed by atoms with Crippen molar-refractivity contribution in [3.63, 3.8) is 0 Å². The van der Waals surface area contributed by atoms with E-state index >= 15 is 0 Å². The van der Waals surface area contributed by atoms with Gasteiger partial charge in [-0.25, -0.2) is 0 Å². The number of phenolic OH excluding ortho intramolecular Hbond substituents is 1. The first-order valence-electron chi connectivity index (χ1n) is 9.54. The van der Waals surface area contributed by atoms with E-state index in [4.69, 9.17) is 16.0 Å². The Labute approximate surface area is 168 Å². The molecular weight excluding hydrogens is 376 g/mol. The molecule has 2 heterocycles. The molecule has 0 aliphatic carbocycles. The number of phenols is 1. The second-order valence-corrected chi connectivity index (χ2v) is 7.52.